The summed E-state index contributed by atoms with van der Waals surface area (Å²) in [6.45, 7) is 7.21. The summed E-state index contributed by atoms with van der Waals surface area (Å²) >= 11 is 0. The minimum absolute atomic E-state index is 0.107. The van der Waals surface area contributed by atoms with Crippen molar-refractivity contribution in [3.05, 3.63) is 0 Å². The second kappa shape index (κ2) is 60.6. The summed E-state index contributed by atoms with van der Waals surface area (Å²) in [6.07, 6.45) is 45.6. The predicted octanol–water partition coefficient (Wildman–Crippen LogP) is 19.0. The van der Waals surface area contributed by atoms with E-state index in [1.165, 1.54) is 167 Å². The zero-order valence-corrected chi connectivity index (χ0v) is 57.2. The number of carbonyl (C=O) groups is 4. The number of phosphoric acid groups is 2. The third-order valence-electron chi connectivity index (χ3n) is 15.5. The first-order chi connectivity index (χ1) is 41.5. The Bertz CT molecular complexity index is 1670. The lowest BCUT2D eigenvalue weighted by atomic mass is 10.0. The van der Waals surface area contributed by atoms with E-state index in [0.717, 1.165) is 95.8 Å². The van der Waals surface area contributed by atoms with Crippen molar-refractivity contribution in [3.63, 3.8) is 0 Å². The number of carbonyl (C=O) groups excluding carboxylic acids is 4. The van der Waals surface area contributed by atoms with Crippen LogP contribution in [0.2, 0.25) is 0 Å². The first-order valence-electron chi connectivity index (χ1n) is 35.1. The van der Waals surface area contributed by atoms with Gasteiger partial charge in [0.25, 0.3) is 0 Å². The van der Waals surface area contributed by atoms with Crippen molar-refractivity contribution in [2.45, 2.75) is 361 Å². The van der Waals surface area contributed by atoms with Gasteiger partial charge in [0.2, 0.25) is 0 Å². The van der Waals surface area contributed by atoms with Gasteiger partial charge in [0.15, 0.2) is 12.2 Å². The molecule has 19 heteroatoms. The van der Waals surface area contributed by atoms with E-state index in [9.17, 15) is 43.2 Å². The highest BCUT2D eigenvalue weighted by Gasteiger charge is 2.30. The quantitative estimate of drug-likeness (QED) is 0.0222. The molecule has 86 heavy (non-hydrogen) atoms. The van der Waals surface area contributed by atoms with E-state index < -0.39 is 97.5 Å². The molecule has 0 saturated heterocycles. The van der Waals surface area contributed by atoms with Gasteiger partial charge in [-0.3, -0.25) is 37.3 Å². The zero-order chi connectivity index (χ0) is 63.5. The number of ether oxygens (including phenoxy) is 4. The zero-order valence-electron chi connectivity index (χ0n) is 55.4. The van der Waals surface area contributed by atoms with Crippen LogP contribution in [-0.2, 0) is 65.4 Å². The Hall–Kier alpha value is -1.94. The standard InChI is InChI=1S/C67H130O17P2/c1-6-9-12-15-18-21-25-31-36-41-46-51-65(70)78-57-63(84-67(72)53-48-43-38-33-28-24-23-27-30-34-39-44-49-60(4)5)59-82-86(75,76)80-55-61(68)54-79-85(73,74)81-58-62(56-77-64(69)50-45-40-35-29-20-17-14-11-8-3)83-66(71)52-47-42-37-32-26-22-19-16-13-10-7-2/h60-63,68H,6-59H2,1-5H3,(H,73,74)(H,75,76)/t61-,62+,63+/m0/s1. The number of rotatable bonds is 67. The van der Waals surface area contributed by atoms with E-state index in [1.807, 2.05) is 0 Å². The Morgan fingerprint density at radius 2 is 0.535 bits per heavy atom. The van der Waals surface area contributed by atoms with Gasteiger partial charge >= 0.3 is 39.5 Å². The highest BCUT2D eigenvalue weighted by molar-refractivity contribution is 7.47. The fourth-order valence-corrected chi connectivity index (χ4v) is 11.7. The summed E-state index contributed by atoms with van der Waals surface area (Å²) in [5, 5.41) is 10.6. The molecule has 2 unspecified atom stereocenters. The molecule has 0 amide bonds. The maximum absolute atomic E-state index is 13.0. The topological polar surface area (TPSA) is 237 Å². The average Bonchev–Trinajstić information content (AvgIpc) is 3.56. The molecule has 0 spiro atoms. The van der Waals surface area contributed by atoms with Crippen LogP contribution in [0.5, 0.6) is 0 Å². The number of aliphatic hydroxyl groups excluding tert-OH is 1. The summed E-state index contributed by atoms with van der Waals surface area (Å²) < 4.78 is 68.1. The van der Waals surface area contributed by atoms with E-state index in [4.69, 9.17) is 37.0 Å². The largest absolute Gasteiger partial charge is 0.472 e. The Morgan fingerprint density at radius 3 is 0.791 bits per heavy atom. The molecule has 510 valence electrons. The number of aliphatic hydroxyl groups is 1. The fourth-order valence-electron chi connectivity index (χ4n) is 10.1. The third-order valence-corrected chi connectivity index (χ3v) is 17.4. The van der Waals surface area contributed by atoms with Gasteiger partial charge in [-0.25, -0.2) is 9.13 Å². The van der Waals surface area contributed by atoms with Gasteiger partial charge in [-0.15, -0.1) is 0 Å². The number of unbranched alkanes of at least 4 members (excludes halogenated alkanes) is 39. The molecule has 0 aromatic carbocycles. The monoisotopic (exact) mass is 1270 g/mol. The average molecular weight is 1270 g/mol. The van der Waals surface area contributed by atoms with E-state index in [-0.39, 0.29) is 25.7 Å². The van der Waals surface area contributed by atoms with Gasteiger partial charge in [0.05, 0.1) is 26.4 Å². The molecule has 0 radical (unpaired) electrons. The lowest BCUT2D eigenvalue weighted by Crippen LogP contribution is -2.30. The minimum Gasteiger partial charge on any atom is -0.462 e. The third kappa shape index (κ3) is 60.9. The lowest BCUT2D eigenvalue weighted by molar-refractivity contribution is -0.161. The second-order valence-corrected chi connectivity index (χ2v) is 27.6. The van der Waals surface area contributed by atoms with Crippen LogP contribution in [0.1, 0.15) is 343 Å². The van der Waals surface area contributed by atoms with E-state index in [0.29, 0.717) is 25.7 Å². The summed E-state index contributed by atoms with van der Waals surface area (Å²) in [5.41, 5.74) is 0. The first kappa shape index (κ1) is 84.1. The molecule has 17 nitrogen and oxygen atoms in total. The summed E-state index contributed by atoms with van der Waals surface area (Å²) in [6, 6.07) is 0. The molecule has 3 N–H and O–H groups in total. The van der Waals surface area contributed by atoms with Crippen molar-refractivity contribution in [2.24, 2.45) is 5.92 Å². The molecule has 0 aromatic heterocycles. The molecule has 0 aliphatic rings. The SMILES string of the molecule is CCCCCCCCCCCCCC(=O)OC[C@H](COP(=O)(O)OC[C@@H](O)COP(=O)(O)OC[C@@H](COC(=O)CCCCCCCCCCC)OC(=O)CCCCCCCCCCCCC)OC(=O)CCCCCCCCCCCCCCC(C)C. The Morgan fingerprint density at radius 1 is 0.314 bits per heavy atom. The molecular formula is C67H130O17P2. The highest BCUT2D eigenvalue weighted by Crippen LogP contribution is 2.45. The van der Waals surface area contributed by atoms with Crippen molar-refractivity contribution in [1.82, 2.24) is 0 Å². The van der Waals surface area contributed by atoms with Crippen molar-refractivity contribution in [3.8, 4) is 0 Å². The van der Waals surface area contributed by atoms with Crippen LogP contribution < -0.4 is 0 Å². The Balaban J connectivity index is 5.23. The number of phosphoric ester groups is 2. The smallest absolute Gasteiger partial charge is 0.462 e. The van der Waals surface area contributed by atoms with Gasteiger partial charge in [-0.2, -0.15) is 0 Å². The highest BCUT2D eigenvalue weighted by atomic mass is 31.2. The summed E-state index contributed by atoms with van der Waals surface area (Å²) in [7, 11) is -9.89. The van der Waals surface area contributed by atoms with Crippen LogP contribution in [0.25, 0.3) is 0 Å². The van der Waals surface area contributed by atoms with Gasteiger partial charge in [0, 0.05) is 25.7 Å². The minimum atomic E-state index is -4.95. The van der Waals surface area contributed by atoms with Crippen LogP contribution >= 0.6 is 15.6 Å². The molecule has 5 atom stereocenters. The molecular weight excluding hydrogens is 1140 g/mol. The summed E-state index contributed by atoms with van der Waals surface area (Å²) in [4.78, 5) is 72.3. The van der Waals surface area contributed by atoms with Crippen LogP contribution in [0.15, 0.2) is 0 Å². The fraction of sp³-hybridized carbons (Fsp3) is 0.940. The first-order valence-corrected chi connectivity index (χ1v) is 38.1. The van der Waals surface area contributed by atoms with Gasteiger partial charge in [-0.1, -0.05) is 291 Å². The number of hydrogen-bond acceptors (Lipinski definition) is 15. The predicted molar refractivity (Wildman–Crippen MR) is 345 cm³/mol. The molecule has 0 rings (SSSR count). The lowest BCUT2D eigenvalue weighted by Gasteiger charge is -2.21. The normalized spacial score (nSPS) is 14.2. The molecule has 0 aromatic rings. The van der Waals surface area contributed by atoms with Crippen LogP contribution in [-0.4, -0.2) is 96.7 Å². The van der Waals surface area contributed by atoms with Crippen molar-refractivity contribution >= 4 is 39.5 Å². The molecule has 0 fully saturated rings. The van der Waals surface area contributed by atoms with E-state index >= 15 is 0 Å². The molecule has 0 aliphatic carbocycles. The van der Waals surface area contributed by atoms with Crippen molar-refractivity contribution in [2.75, 3.05) is 39.6 Å². The van der Waals surface area contributed by atoms with Crippen LogP contribution in [0.3, 0.4) is 0 Å². The van der Waals surface area contributed by atoms with E-state index in [2.05, 4.69) is 34.6 Å². The number of esters is 4. The maximum Gasteiger partial charge on any atom is 0.472 e. The van der Waals surface area contributed by atoms with Crippen molar-refractivity contribution in [1.29, 1.82) is 0 Å². The maximum atomic E-state index is 13.0. The summed E-state index contributed by atoms with van der Waals surface area (Å²) in [5.74, 6) is -1.35. The molecule has 0 bridgehead atoms. The van der Waals surface area contributed by atoms with Gasteiger partial charge in [-0.05, 0) is 31.6 Å². The van der Waals surface area contributed by atoms with Crippen LogP contribution in [0, 0.1) is 5.92 Å². The Labute approximate surface area is 524 Å². The number of hydrogen-bond donors (Lipinski definition) is 3. The van der Waals surface area contributed by atoms with Crippen LogP contribution in [0.4, 0.5) is 0 Å². The Kier molecular flexibility index (Phi) is 59.2. The molecule has 0 saturated carbocycles. The van der Waals surface area contributed by atoms with Crippen molar-refractivity contribution < 1.29 is 80.2 Å². The molecule has 0 aliphatic heterocycles. The van der Waals surface area contributed by atoms with E-state index in [1.54, 1.807) is 0 Å². The second-order valence-electron chi connectivity index (χ2n) is 24.7. The van der Waals surface area contributed by atoms with Gasteiger partial charge < -0.3 is 33.8 Å². The van der Waals surface area contributed by atoms with Gasteiger partial charge in [0.1, 0.15) is 19.3 Å². The molecule has 0 heterocycles.